The molecule has 66 heavy (non-hydrogen) atoms. The number of benzene rings is 2. The van der Waals surface area contributed by atoms with E-state index in [4.69, 9.17) is 44.5 Å². The molecule has 1 aromatic heterocycles. The van der Waals surface area contributed by atoms with Crippen LogP contribution in [0.5, 0.6) is 11.5 Å². The van der Waals surface area contributed by atoms with Crippen molar-refractivity contribution in [3.05, 3.63) is 77.4 Å². The number of aliphatic hydroxyl groups excluding tert-OH is 2. The second-order valence-electron chi connectivity index (χ2n) is 15.3. The minimum absolute atomic E-state index is 0.0648. The van der Waals surface area contributed by atoms with Crippen LogP contribution in [0.4, 0.5) is 11.6 Å². The first-order valence-corrected chi connectivity index (χ1v) is 23.7. The van der Waals surface area contributed by atoms with Gasteiger partial charge in [0.2, 0.25) is 0 Å². The third-order valence-electron chi connectivity index (χ3n) is 9.99. The average molecular weight is 931 g/mol. The largest absolute Gasteiger partial charge is 0.497 e. The van der Waals surface area contributed by atoms with Crippen LogP contribution in [0.1, 0.15) is 88.8 Å². The Morgan fingerprint density at radius 3 is 1.20 bits per heavy atom. The van der Waals surface area contributed by atoms with Gasteiger partial charge in [0.15, 0.2) is 0 Å². The molecule has 9 N–H and O–H groups in total. The van der Waals surface area contributed by atoms with Crippen molar-refractivity contribution in [2.24, 2.45) is 0 Å². The average Bonchev–Trinajstić information content (AvgIpc) is 4.21. The molecule has 5 aliphatic rings. The van der Waals surface area contributed by atoms with Crippen molar-refractivity contribution in [3.63, 3.8) is 0 Å². The number of hydrogen-bond donors (Lipinski definition) is 9. The van der Waals surface area contributed by atoms with Crippen LogP contribution in [0.3, 0.4) is 0 Å². The van der Waals surface area contributed by atoms with Crippen LogP contribution in [0.15, 0.2) is 60.7 Å². The zero-order valence-electron chi connectivity index (χ0n) is 42.0. The monoisotopic (exact) mass is 931 g/mol. The number of β-amino-alcohol motifs (C(OH)–C–C–N with tert-alkyl or cyclic N) is 2. The van der Waals surface area contributed by atoms with E-state index in [1.807, 2.05) is 76.5 Å². The summed E-state index contributed by atoms with van der Waals surface area (Å²) >= 11 is 0. The maximum Gasteiger partial charge on any atom is 0.290 e. The van der Waals surface area contributed by atoms with E-state index in [0.29, 0.717) is 0 Å². The molecule has 0 aliphatic carbocycles. The van der Waals surface area contributed by atoms with Crippen molar-refractivity contribution < 1.29 is 39.5 Å². The van der Waals surface area contributed by atoms with Gasteiger partial charge in [-0.2, -0.15) is 0 Å². The van der Waals surface area contributed by atoms with Crippen molar-refractivity contribution >= 4 is 24.6 Å². The number of carbonyl (C=O) groups is 2. The fraction of sp³-hybridized carbons (Fsp3) is 0.620. The molecular formula is C50H90N8O8. The van der Waals surface area contributed by atoms with E-state index < -0.39 is 0 Å². The summed E-state index contributed by atoms with van der Waals surface area (Å²) in [6.45, 7) is 22.4. The Morgan fingerprint density at radius 2 is 0.985 bits per heavy atom. The highest BCUT2D eigenvalue weighted by Gasteiger charge is 2.19. The van der Waals surface area contributed by atoms with Gasteiger partial charge in [-0.1, -0.05) is 56.2 Å². The smallest absolute Gasteiger partial charge is 0.290 e. The van der Waals surface area contributed by atoms with Gasteiger partial charge < -0.3 is 66.3 Å². The number of pyridine rings is 1. The van der Waals surface area contributed by atoms with E-state index >= 15 is 0 Å². The second kappa shape index (κ2) is 45.6. The summed E-state index contributed by atoms with van der Waals surface area (Å²) in [6.07, 6.45) is 9.72. The van der Waals surface area contributed by atoms with Crippen LogP contribution >= 0.6 is 0 Å². The molecule has 8 rings (SSSR count). The number of aromatic nitrogens is 1. The molecule has 16 heteroatoms. The number of methoxy groups -OCH3 is 2. The quantitative estimate of drug-likeness (QED) is 0.130. The topological polar surface area (TPSA) is 213 Å². The van der Waals surface area contributed by atoms with Gasteiger partial charge in [-0.3, -0.25) is 9.59 Å². The molecule has 5 aliphatic heterocycles. The Kier molecular flexibility index (Phi) is 43.9. The first-order chi connectivity index (χ1) is 32.0. The second-order valence-corrected chi connectivity index (χ2v) is 15.3. The normalized spacial score (nSPS) is 17.1. The summed E-state index contributed by atoms with van der Waals surface area (Å²) in [5.41, 5.74) is 3.87. The summed E-state index contributed by atoms with van der Waals surface area (Å²) in [7, 11) is 7.28. The van der Waals surface area contributed by atoms with E-state index in [1.54, 1.807) is 14.2 Å². The molecule has 5 saturated heterocycles. The lowest BCUT2D eigenvalue weighted by Crippen LogP contribution is -2.23. The van der Waals surface area contributed by atoms with Crippen molar-refractivity contribution in [2.45, 2.75) is 105 Å². The minimum atomic E-state index is -0.250. The maximum absolute atomic E-state index is 8.67. The number of nitrogens with zero attached hydrogens (tertiary/aromatic N) is 3. The van der Waals surface area contributed by atoms with E-state index in [0.717, 1.165) is 89.8 Å². The number of rotatable bonds is 7. The minimum Gasteiger partial charge on any atom is -0.497 e. The molecule has 2 aromatic carbocycles. The number of anilines is 2. The van der Waals surface area contributed by atoms with Gasteiger partial charge in [0, 0.05) is 45.8 Å². The van der Waals surface area contributed by atoms with Crippen LogP contribution < -0.4 is 45.9 Å². The van der Waals surface area contributed by atoms with Crippen LogP contribution in [0.2, 0.25) is 0 Å². The van der Waals surface area contributed by atoms with Crippen LogP contribution in [0, 0.1) is 13.8 Å². The van der Waals surface area contributed by atoms with E-state index in [9.17, 15) is 0 Å². The third-order valence-corrected chi connectivity index (χ3v) is 9.99. The predicted octanol–water partition coefficient (Wildman–Crippen LogP) is 5.71. The summed E-state index contributed by atoms with van der Waals surface area (Å²) < 4.78 is 9.94. The molecule has 0 spiro atoms. The van der Waals surface area contributed by atoms with Gasteiger partial charge >= 0.3 is 0 Å². The van der Waals surface area contributed by atoms with Crippen LogP contribution in [-0.4, -0.2) is 151 Å². The lowest BCUT2D eigenvalue weighted by Gasteiger charge is -2.22. The van der Waals surface area contributed by atoms with Crippen molar-refractivity contribution in [3.8, 4) is 11.5 Å². The molecule has 0 amide bonds. The van der Waals surface area contributed by atoms with Gasteiger partial charge in [-0.05, 0) is 154 Å². The van der Waals surface area contributed by atoms with Gasteiger partial charge in [-0.25, -0.2) is 4.98 Å². The molecule has 378 valence electrons. The first-order valence-electron chi connectivity index (χ1n) is 23.7. The predicted molar refractivity (Wildman–Crippen MR) is 273 cm³/mol. The highest BCUT2D eigenvalue weighted by atomic mass is 16.5. The van der Waals surface area contributed by atoms with Gasteiger partial charge in [0.25, 0.3) is 12.9 Å². The Balaban J connectivity index is 0. The maximum atomic E-state index is 8.67. The number of hydrogen-bond acceptors (Lipinski definition) is 14. The molecule has 5 fully saturated rings. The van der Waals surface area contributed by atoms with Crippen molar-refractivity contribution in [1.82, 2.24) is 31.6 Å². The lowest BCUT2D eigenvalue weighted by atomic mass is 10.2. The number of ether oxygens (including phenoxy) is 2. The van der Waals surface area contributed by atoms with Crippen molar-refractivity contribution in [1.29, 1.82) is 0 Å². The summed E-state index contributed by atoms with van der Waals surface area (Å²) in [4.78, 5) is 26.5. The fourth-order valence-electron chi connectivity index (χ4n) is 6.33. The van der Waals surface area contributed by atoms with E-state index in [-0.39, 0.29) is 25.2 Å². The molecule has 3 aromatic rings. The van der Waals surface area contributed by atoms with Gasteiger partial charge in [0.05, 0.1) is 26.4 Å². The first kappa shape index (κ1) is 63.5. The molecule has 2 atom stereocenters. The number of nitrogens with one attached hydrogen (secondary N) is 5. The molecule has 0 saturated carbocycles. The van der Waals surface area contributed by atoms with E-state index in [2.05, 4.69) is 69.3 Å². The zero-order valence-corrected chi connectivity index (χ0v) is 42.0. The van der Waals surface area contributed by atoms with Crippen LogP contribution in [0.25, 0.3) is 0 Å². The molecule has 0 radical (unpaired) electrons. The highest BCUT2D eigenvalue weighted by Crippen LogP contribution is 2.26. The molecule has 16 nitrogen and oxygen atoms in total. The SMILES string of the molecule is C1CCNC1.CC.CCNC.CNCc1cc(N2CCCC2)nc(N2CCCC2)c1.COc1ccc(C)cc1.COc1ccc(C)cc1.O=CO.O=CO.OC1CCNC1.OC1CCNC1. The van der Waals surface area contributed by atoms with Gasteiger partial charge in [-0.15, -0.1) is 0 Å². The van der Waals surface area contributed by atoms with Crippen LogP contribution in [-0.2, 0) is 16.1 Å². The number of aliphatic hydroxyl groups is 2. The highest BCUT2D eigenvalue weighted by molar-refractivity contribution is 5.53. The molecule has 2 unspecified atom stereocenters. The Morgan fingerprint density at radius 1 is 0.636 bits per heavy atom. The molecule has 6 heterocycles. The van der Waals surface area contributed by atoms with Crippen molar-refractivity contribution in [2.75, 3.05) is 110 Å². The number of aryl methyl sites for hydroxylation is 2. The number of carboxylic acid groups (broad SMARTS) is 2. The molecular weight excluding hydrogens is 841 g/mol. The summed E-state index contributed by atoms with van der Waals surface area (Å²) in [5, 5.41) is 46.6. The molecule has 0 bridgehead atoms. The Labute approximate surface area is 398 Å². The summed E-state index contributed by atoms with van der Waals surface area (Å²) in [5.74, 6) is 4.18. The Bertz CT molecular complexity index is 1390. The van der Waals surface area contributed by atoms with E-state index in [1.165, 1.54) is 79.9 Å². The third kappa shape index (κ3) is 34.8. The standard InChI is InChI=1S/C15H24N4.2C8H10O.2C4H9NO.C4H9N.C3H9N.C2H6.2CH2O2/c1-16-12-13-10-14(18-6-2-3-7-18)17-15(11-13)19-8-4-5-9-19;2*1-7-3-5-8(9-2)6-4-7;2*6-4-1-2-5-3-4;1-2-4-5-3-1;1-3-4-2;1-2;2*2-1-3/h10-11,16H,2-9,12H2,1H3;2*3-6H,1-2H3;2*4-6H,1-3H2;5H,1-4H2;4H,3H2,1-2H3;1-2H3;2*1H,(H,2,3). The van der Waals surface area contributed by atoms with Gasteiger partial charge in [0.1, 0.15) is 23.1 Å². The lowest BCUT2D eigenvalue weighted by molar-refractivity contribution is -0.123. The Hall–Kier alpha value is -4.55. The zero-order chi connectivity index (χ0) is 49.6. The summed E-state index contributed by atoms with van der Waals surface area (Å²) in [6, 6.07) is 20.4. The fourth-order valence-corrected chi connectivity index (χ4v) is 6.33.